The SMILES string of the molecule is CCN(CC)CCNc1ncc2c(c1C#N)N(Cc1ccccc1)CC2. The Morgan fingerprint density at radius 2 is 2.00 bits per heavy atom. The number of anilines is 2. The van der Waals surface area contributed by atoms with Crippen LogP contribution in [-0.2, 0) is 13.0 Å². The minimum Gasteiger partial charge on any atom is -0.368 e. The maximum atomic E-state index is 9.80. The Morgan fingerprint density at radius 3 is 2.69 bits per heavy atom. The van der Waals surface area contributed by atoms with Crippen molar-refractivity contribution in [3.05, 3.63) is 53.2 Å². The molecule has 0 unspecified atom stereocenters. The largest absolute Gasteiger partial charge is 0.368 e. The molecule has 1 aliphatic heterocycles. The lowest BCUT2D eigenvalue weighted by Gasteiger charge is -2.22. The molecule has 0 radical (unpaired) electrons. The Kier molecular flexibility index (Phi) is 6.08. The maximum Gasteiger partial charge on any atom is 0.146 e. The number of fused-ring (bicyclic) bond motifs is 1. The first-order valence-electron chi connectivity index (χ1n) is 9.43. The molecule has 0 fully saturated rings. The fourth-order valence-corrected chi connectivity index (χ4v) is 3.53. The van der Waals surface area contributed by atoms with Gasteiger partial charge in [-0.1, -0.05) is 44.2 Å². The topological polar surface area (TPSA) is 55.2 Å². The highest BCUT2D eigenvalue weighted by atomic mass is 15.2. The summed E-state index contributed by atoms with van der Waals surface area (Å²) in [6.07, 6.45) is 2.88. The van der Waals surface area contributed by atoms with E-state index in [2.05, 4.69) is 64.3 Å². The fourth-order valence-electron chi connectivity index (χ4n) is 3.53. The van der Waals surface area contributed by atoms with Gasteiger partial charge in [0.1, 0.15) is 17.5 Å². The highest BCUT2D eigenvalue weighted by Gasteiger charge is 2.25. The first-order chi connectivity index (χ1) is 12.8. The summed E-state index contributed by atoms with van der Waals surface area (Å²) in [5, 5.41) is 13.2. The number of pyridine rings is 1. The predicted octanol–water partition coefficient (Wildman–Crippen LogP) is 3.27. The number of rotatable bonds is 8. The van der Waals surface area contributed by atoms with Crippen molar-refractivity contribution < 1.29 is 0 Å². The normalized spacial score (nSPS) is 12.9. The number of nitrogens with one attached hydrogen (secondary N) is 1. The summed E-state index contributed by atoms with van der Waals surface area (Å²) >= 11 is 0. The van der Waals surface area contributed by atoms with Gasteiger partial charge in [-0.15, -0.1) is 0 Å². The molecule has 1 aromatic heterocycles. The lowest BCUT2D eigenvalue weighted by molar-refractivity contribution is 0.316. The minimum absolute atomic E-state index is 0.676. The third-order valence-corrected chi connectivity index (χ3v) is 5.04. The molecule has 0 aliphatic carbocycles. The van der Waals surface area contributed by atoms with Crippen molar-refractivity contribution in [3.8, 4) is 6.07 Å². The van der Waals surface area contributed by atoms with Crippen molar-refractivity contribution in [1.82, 2.24) is 9.88 Å². The Bertz CT molecular complexity index is 762. The summed E-state index contributed by atoms with van der Waals surface area (Å²) in [5.41, 5.74) is 4.16. The Hall–Kier alpha value is -2.58. The van der Waals surface area contributed by atoms with Crippen LogP contribution in [0, 0.1) is 11.3 Å². The molecule has 1 aromatic carbocycles. The number of hydrogen-bond acceptors (Lipinski definition) is 5. The molecular weight excluding hydrogens is 322 g/mol. The first kappa shape index (κ1) is 18.2. The maximum absolute atomic E-state index is 9.80. The van der Waals surface area contributed by atoms with E-state index in [1.54, 1.807) is 0 Å². The molecule has 0 spiro atoms. The Morgan fingerprint density at radius 1 is 1.23 bits per heavy atom. The molecule has 2 heterocycles. The third-order valence-electron chi connectivity index (χ3n) is 5.04. The first-order valence-corrected chi connectivity index (χ1v) is 9.43. The number of nitriles is 1. The summed E-state index contributed by atoms with van der Waals surface area (Å²) < 4.78 is 0. The van der Waals surface area contributed by atoms with Gasteiger partial charge in [0.15, 0.2) is 0 Å². The third kappa shape index (κ3) is 3.97. The van der Waals surface area contributed by atoms with Crippen LogP contribution in [0.1, 0.15) is 30.5 Å². The van der Waals surface area contributed by atoms with Gasteiger partial charge < -0.3 is 15.1 Å². The average Bonchev–Trinajstić information content (AvgIpc) is 3.09. The van der Waals surface area contributed by atoms with E-state index in [0.29, 0.717) is 11.4 Å². The van der Waals surface area contributed by atoms with E-state index in [4.69, 9.17) is 0 Å². The summed E-state index contributed by atoms with van der Waals surface area (Å²) in [4.78, 5) is 9.19. The summed E-state index contributed by atoms with van der Waals surface area (Å²) in [6, 6.07) is 12.8. The summed E-state index contributed by atoms with van der Waals surface area (Å²) in [7, 11) is 0. The molecule has 0 saturated carbocycles. The average molecular weight is 349 g/mol. The van der Waals surface area contributed by atoms with Crippen molar-refractivity contribution in [2.24, 2.45) is 0 Å². The van der Waals surface area contributed by atoms with Gasteiger partial charge in [-0.25, -0.2) is 4.98 Å². The van der Waals surface area contributed by atoms with Gasteiger partial charge in [0, 0.05) is 32.4 Å². The van der Waals surface area contributed by atoms with Crippen LogP contribution in [0.25, 0.3) is 0 Å². The van der Waals surface area contributed by atoms with E-state index in [-0.39, 0.29) is 0 Å². The van der Waals surface area contributed by atoms with E-state index in [0.717, 1.165) is 51.4 Å². The zero-order valence-electron chi connectivity index (χ0n) is 15.7. The van der Waals surface area contributed by atoms with Crippen LogP contribution in [-0.4, -0.2) is 42.6 Å². The number of hydrogen-bond donors (Lipinski definition) is 1. The Balaban J connectivity index is 1.78. The molecule has 3 rings (SSSR count). The van der Waals surface area contributed by atoms with Crippen LogP contribution in [0.4, 0.5) is 11.5 Å². The molecule has 2 aromatic rings. The summed E-state index contributed by atoms with van der Waals surface area (Å²) in [6.45, 7) is 9.90. The van der Waals surface area contributed by atoms with Crippen molar-refractivity contribution in [3.63, 3.8) is 0 Å². The Labute approximate surface area is 156 Å². The summed E-state index contributed by atoms with van der Waals surface area (Å²) in [5.74, 6) is 0.707. The lowest BCUT2D eigenvalue weighted by Crippen LogP contribution is -2.29. The number of benzene rings is 1. The molecular formula is C21H27N5. The minimum atomic E-state index is 0.676. The molecule has 0 amide bonds. The molecule has 0 saturated heterocycles. The molecule has 0 atom stereocenters. The van der Waals surface area contributed by atoms with Crippen LogP contribution in [0.3, 0.4) is 0 Å². The smallest absolute Gasteiger partial charge is 0.146 e. The van der Waals surface area contributed by atoms with Gasteiger partial charge in [0.2, 0.25) is 0 Å². The van der Waals surface area contributed by atoms with Crippen molar-refractivity contribution in [2.75, 3.05) is 42.9 Å². The second kappa shape index (κ2) is 8.68. The van der Waals surface area contributed by atoms with E-state index in [9.17, 15) is 5.26 Å². The van der Waals surface area contributed by atoms with Crippen LogP contribution in [0.2, 0.25) is 0 Å². The quantitative estimate of drug-likeness (QED) is 0.793. The molecule has 5 nitrogen and oxygen atoms in total. The van der Waals surface area contributed by atoms with Gasteiger partial charge in [-0.05, 0) is 30.6 Å². The van der Waals surface area contributed by atoms with Gasteiger partial charge in [0.05, 0.1) is 5.69 Å². The zero-order chi connectivity index (χ0) is 18.4. The molecule has 1 aliphatic rings. The molecule has 0 bridgehead atoms. The zero-order valence-corrected chi connectivity index (χ0v) is 15.7. The molecule has 1 N–H and O–H groups in total. The number of likely N-dealkylation sites (N-methyl/N-ethyl adjacent to an activating group) is 1. The van der Waals surface area contributed by atoms with Gasteiger partial charge >= 0.3 is 0 Å². The number of aromatic nitrogens is 1. The standard InChI is InChI=1S/C21H27N5/c1-3-25(4-2)13-11-23-21-19(14-22)20-18(15-24-21)10-12-26(20)16-17-8-6-5-7-9-17/h5-9,15H,3-4,10-13,16H2,1-2H3,(H,23,24). The van der Waals surface area contributed by atoms with Gasteiger partial charge in [-0.3, -0.25) is 0 Å². The number of nitrogens with zero attached hydrogens (tertiary/aromatic N) is 4. The fraction of sp³-hybridized carbons (Fsp3) is 0.429. The van der Waals surface area contributed by atoms with Crippen LogP contribution < -0.4 is 10.2 Å². The van der Waals surface area contributed by atoms with Crippen LogP contribution in [0.5, 0.6) is 0 Å². The lowest BCUT2D eigenvalue weighted by atomic mass is 10.1. The van der Waals surface area contributed by atoms with E-state index < -0.39 is 0 Å². The second-order valence-corrected chi connectivity index (χ2v) is 6.58. The predicted molar refractivity (Wildman–Crippen MR) is 106 cm³/mol. The van der Waals surface area contributed by atoms with Crippen LogP contribution in [0.15, 0.2) is 36.5 Å². The highest BCUT2D eigenvalue weighted by molar-refractivity contribution is 5.74. The van der Waals surface area contributed by atoms with Gasteiger partial charge in [0.25, 0.3) is 0 Å². The highest BCUT2D eigenvalue weighted by Crippen LogP contribution is 2.35. The van der Waals surface area contributed by atoms with E-state index in [1.807, 2.05) is 12.3 Å². The van der Waals surface area contributed by atoms with E-state index >= 15 is 0 Å². The van der Waals surface area contributed by atoms with Crippen molar-refractivity contribution in [1.29, 1.82) is 5.26 Å². The molecule has 26 heavy (non-hydrogen) atoms. The second-order valence-electron chi connectivity index (χ2n) is 6.58. The molecule has 5 heteroatoms. The monoisotopic (exact) mass is 349 g/mol. The molecule has 136 valence electrons. The van der Waals surface area contributed by atoms with Crippen molar-refractivity contribution >= 4 is 11.5 Å². The van der Waals surface area contributed by atoms with Gasteiger partial charge in [-0.2, -0.15) is 5.26 Å². The van der Waals surface area contributed by atoms with Crippen molar-refractivity contribution in [2.45, 2.75) is 26.8 Å². The van der Waals surface area contributed by atoms with Crippen LogP contribution >= 0.6 is 0 Å². The van der Waals surface area contributed by atoms with E-state index in [1.165, 1.54) is 11.1 Å².